The molecule has 0 saturated heterocycles. The molecule has 0 aliphatic heterocycles. The van der Waals surface area contributed by atoms with Crippen molar-refractivity contribution in [3.63, 3.8) is 0 Å². The van der Waals surface area contributed by atoms with Gasteiger partial charge < -0.3 is 0 Å². The van der Waals surface area contributed by atoms with Gasteiger partial charge in [-0.15, -0.1) is 0 Å². The molecule has 28 heavy (non-hydrogen) atoms. The Bertz CT molecular complexity index is 249. The Hall–Kier alpha value is 0.860. The van der Waals surface area contributed by atoms with Crippen molar-refractivity contribution in [1.29, 1.82) is 0 Å². The molecule has 0 aromatic rings. The second kappa shape index (κ2) is 22.5. The Morgan fingerprint density at radius 2 is 0.679 bits per heavy atom. The third kappa shape index (κ3) is 17.7. The van der Waals surface area contributed by atoms with Crippen LogP contribution in [0.25, 0.3) is 0 Å². The first kappa shape index (κ1) is 28.9. The lowest BCUT2D eigenvalue weighted by atomic mass is 10.1. The Morgan fingerprint density at radius 3 is 0.964 bits per heavy atom. The summed E-state index contributed by atoms with van der Waals surface area (Å²) >= 11 is 0. The molecule has 1 atom stereocenters. The Morgan fingerprint density at radius 1 is 0.393 bits per heavy atom. The van der Waals surface area contributed by atoms with E-state index < -0.39 is 6.95 Å². The zero-order chi connectivity index (χ0) is 20.8. The van der Waals surface area contributed by atoms with E-state index in [1.165, 1.54) is 111 Å². The van der Waals surface area contributed by atoms with Crippen LogP contribution >= 0.6 is 15.2 Å². The highest BCUT2D eigenvalue weighted by molar-refractivity contribution is 8.31. The maximum absolute atomic E-state index is 2.47. The third-order valence-corrected chi connectivity index (χ3v) is 15.8. The van der Waals surface area contributed by atoms with Crippen LogP contribution in [-0.4, -0.2) is 24.6 Å². The van der Waals surface area contributed by atoms with Crippen LogP contribution in [0, 0.1) is 0 Å². The highest BCUT2D eigenvalue weighted by Gasteiger charge is 2.34. The van der Waals surface area contributed by atoms with Crippen molar-refractivity contribution in [2.24, 2.45) is 0 Å². The minimum atomic E-state index is -0.635. The van der Waals surface area contributed by atoms with Crippen LogP contribution in [-0.2, 0) is 0 Å². The highest BCUT2D eigenvalue weighted by Crippen LogP contribution is 2.75. The van der Waals surface area contributed by atoms with E-state index in [1.54, 1.807) is 37.7 Å². The number of hydrogen-bond acceptors (Lipinski definition) is 0. The van der Waals surface area contributed by atoms with Crippen molar-refractivity contribution < 1.29 is 0 Å². The molecule has 0 spiro atoms. The lowest BCUT2D eigenvalue weighted by Gasteiger charge is -2.27. The van der Waals surface area contributed by atoms with E-state index in [0.717, 1.165) is 0 Å². The van der Waals surface area contributed by atoms with E-state index in [2.05, 4.69) is 27.7 Å². The van der Waals surface area contributed by atoms with Crippen molar-refractivity contribution >= 4 is 15.2 Å². The van der Waals surface area contributed by atoms with Gasteiger partial charge in [0.1, 0.15) is 0 Å². The molecule has 0 radical (unpaired) electrons. The normalized spacial score (nSPS) is 12.4. The van der Waals surface area contributed by atoms with Gasteiger partial charge in [-0.3, -0.25) is 0 Å². The topological polar surface area (TPSA) is 0 Å². The first-order chi connectivity index (χ1) is 13.7. The van der Waals surface area contributed by atoms with Gasteiger partial charge in [-0.1, -0.05) is 105 Å². The third-order valence-electron chi connectivity index (χ3n) is 6.31. The monoisotopic (exact) mass is 431 g/mol. The van der Waals surface area contributed by atoms with Crippen LogP contribution in [0.5, 0.6) is 0 Å². The molecule has 0 rings (SSSR count). The summed E-state index contributed by atoms with van der Waals surface area (Å²) in [7, 11) is 1.32. The SMILES string of the molecule is CCCCCCCC[P+](CCCCCCCC)(CCCCCCCC)PCC. The highest BCUT2D eigenvalue weighted by atomic mass is 32.1. The minimum absolute atomic E-state index is 0.635. The summed E-state index contributed by atoms with van der Waals surface area (Å²) in [5.41, 5.74) is 0. The van der Waals surface area contributed by atoms with Crippen LogP contribution in [0.4, 0.5) is 0 Å². The van der Waals surface area contributed by atoms with Gasteiger partial charge in [0.15, 0.2) is 0 Å². The second-order valence-electron chi connectivity index (χ2n) is 9.13. The molecule has 0 fully saturated rings. The van der Waals surface area contributed by atoms with Crippen LogP contribution in [0.1, 0.15) is 143 Å². The molecule has 0 aromatic heterocycles. The Kier molecular flexibility index (Phi) is 23.2. The van der Waals surface area contributed by atoms with Gasteiger partial charge >= 0.3 is 0 Å². The van der Waals surface area contributed by atoms with E-state index in [1.807, 2.05) is 0 Å². The lowest BCUT2D eigenvalue weighted by molar-refractivity contribution is 0.617. The molecule has 2 heteroatoms. The molecule has 1 unspecified atom stereocenters. The summed E-state index contributed by atoms with van der Waals surface area (Å²) in [6.45, 7) is 8.83. The predicted molar refractivity (Wildman–Crippen MR) is 141 cm³/mol. The molecule has 0 amide bonds. The summed E-state index contributed by atoms with van der Waals surface area (Å²) in [6, 6.07) is 0. The lowest BCUT2D eigenvalue weighted by Crippen LogP contribution is -2.06. The quantitative estimate of drug-likeness (QED) is 0.111. The van der Waals surface area contributed by atoms with Gasteiger partial charge in [0.05, 0.1) is 18.5 Å². The molecule has 0 aliphatic rings. The fourth-order valence-corrected chi connectivity index (χ4v) is 13.7. The van der Waals surface area contributed by atoms with Gasteiger partial charge in [-0.2, -0.15) is 0 Å². The van der Waals surface area contributed by atoms with Gasteiger partial charge in [0.25, 0.3) is 0 Å². The van der Waals surface area contributed by atoms with Gasteiger partial charge in [-0.05, 0) is 44.7 Å². The molecule has 0 aromatic carbocycles. The average molecular weight is 432 g/mol. The maximum Gasteiger partial charge on any atom is 0.0614 e. The standard InChI is InChI=1S/C26H57P2/c1-5-9-12-15-18-21-24-28(27-8-4,25-22-19-16-13-10-6-2)26-23-20-17-14-11-7-3/h27H,5-26H2,1-4H3/q+1. The first-order valence-electron chi connectivity index (χ1n) is 13.4. The predicted octanol–water partition coefficient (Wildman–Crippen LogP) is 10.7. The van der Waals surface area contributed by atoms with Crippen LogP contribution < -0.4 is 0 Å². The van der Waals surface area contributed by atoms with Crippen LogP contribution in [0.15, 0.2) is 0 Å². The van der Waals surface area contributed by atoms with E-state index in [0.29, 0.717) is 0 Å². The molecule has 0 aliphatic carbocycles. The molecule has 0 nitrogen and oxygen atoms in total. The maximum atomic E-state index is 2.47. The molecular formula is C26H57P2+. The molecule has 0 N–H and O–H groups in total. The first-order valence-corrected chi connectivity index (χ1v) is 17.7. The van der Waals surface area contributed by atoms with E-state index in [-0.39, 0.29) is 0 Å². The van der Waals surface area contributed by atoms with Gasteiger partial charge in [0, 0.05) is 15.2 Å². The van der Waals surface area contributed by atoms with Crippen molar-refractivity contribution in [1.82, 2.24) is 0 Å². The van der Waals surface area contributed by atoms with Gasteiger partial charge in [0.2, 0.25) is 0 Å². The zero-order valence-electron chi connectivity index (χ0n) is 20.5. The van der Waals surface area contributed by atoms with Crippen molar-refractivity contribution in [3.8, 4) is 0 Å². The van der Waals surface area contributed by atoms with E-state index in [9.17, 15) is 0 Å². The summed E-state index contributed by atoms with van der Waals surface area (Å²) in [6.07, 6.45) is 33.0. The van der Waals surface area contributed by atoms with E-state index in [4.69, 9.17) is 0 Å². The largest absolute Gasteiger partial charge is 0.0654 e. The summed E-state index contributed by atoms with van der Waals surface area (Å²) in [5, 5.41) is 0. The number of hydrogen-bond donors (Lipinski definition) is 0. The fraction of sp³-hybridized carbons (Fsp3) is 1.00. The number of rotatable bonds is 23. The summed E-state index contributed by atoms with van der Waals surface area (Å²) in [4.78, 5) is 0. The smallest absolute Gasteiger partial charge is 0.0614 e. The molecular weight excluding hydrogens is 374 g/mol. The van der Waals surface area contributed by atoms with Crippen LogP contribution in [0.3, 0.4) is 0 Å². The zero-order valence-corrected chi connectivity index (χ0v) is 22.4. The average Bonchev–Trinajstić information content (AvgIpc) is 2.70. The van der Waals surface area contributed by atoms with Crippen molar-refractivity contribution in [2.45, 2.75) is 143 Å². The summed E-state index contributed by atoms with van der Waals surface area (Å²) in [5.74, 6) is 0. The molecule has 0 saturated carbocycles. The molecule has 170 valence electrons. The van der Waals surface area contributed by atoms with Crippen molar-refractivity contribution in [2.75, 3.05) is 24.6 Å². The Balaban J connectivity index is 4.39. The molecule has 0 heterocycles. The van der Waals surface area contributed by atoms with Crippen LogP contribution in [0.2, 0.25) is 0 Å². The van der Waals surface area contributed by atoms with Gasteiger partial charge in [-0.25, -0.2) is 0 Å². The van der Waals surface area contributed by atoms with E-state index >= 15 is 0 Å². The number of unbranched alkanes of at least 4 members (excludes halogenated alkanes) is 15. The fourth-order valence-electron chi connectivity index (χ4n) is 4.49. The Labute approximate surface area is 183 Å². The van der Waals surface area contributed by atoms with Crippen molar-refractivity contribution in [3.05, 3.63) is 0 Å². The summed E-state index contributed by atoms with van der Waals surface area (Å²) < 4.78 is 0. The minimum Gasteiger partial charge on any atom is -0.0654 e. The molecule has 0 bridgehead atoms. The second-order valence-corrected chi connectivity index (χ2v) is 17.6.